The molecule has 0 aliphatic rings. The molecule has 1 heterocycles. The van der Waals surface area contributed by atoms with E-state index in [1.54, 1.807) is 31.2 Å². The van der Waals surface area contributed by atoms with E-state index in [9.17, 15) is 18.0 Å². The Morgan fingerprint density at radius 1 is 0.762 bits per heavy atom. The Morgan fingerprint density at radius 2 is 1.31 bits per heavy atom. The number of carbonyl (C=O) groups excluding carboxylic acids is 1. The van der Waals surface area contributed by atoms with Crippen molar-refractivity contribution in [1.29, 1.82) is 0 Å². The molecule has 0 saturated carbocycles. The number of esters is 1. The third-order valence-corrected chi connectivity index (χ3v) is 7.20. The van der Waals surface area contributed by atoms with E-state index >= 15 is 0 Å². The van der Waals surface area contributed by atoms with Crippen LogP contribution >= 0.6 is 0 Å². The summed E-state index contributed by atoms with van der Waals surface area (Å²) in [5.74, 6) is -2.50. The third-order valence-electron chi connectivity index (χ3n) is 7.20. The molecule has 1 atom stereocenters. The Labute approximate surface area is 247 Å². The van der Waals surface area contributed by atoms with Gasteiger partial charge < -0.3 is 9.47 Å². The summed E-state index contributed by atoms with van der Waals surface area (Å²) < 4.78 is 54.4. The van der Waals surface area contributed by atoms with Crippen LogP contribution in [0.4, 0.5) is 13.2 Å². The van der Waals surface area contributed by atoms with Gasteiger partial charge in [-0.05, 0) is 49.6 Å². The van der Waals surface area contributed by atoms with Gasteiger partial charge in [-0.2, -0.15) is 0 Å². The molecule has 0 radical (unpaired) electrons. The zero-order valence-corrected chi connectivity index (χ0v) is 25.1. The van der Waals surface area contributed by atoms with Gasteiger partial charge in [-0.25, -0.2) is 27.9 Å². The summed E-state index contributed by atoms with van der Waals surface area (Å²) in [4.78, 5) is 20.6. The quantitative estimate of drug-likeness (QED) is 0.0846. The van der Waals surface area contributed by atoms with Crippen molar-refractivity contribution in [3.05, 3.63) is 60.4 Å². The van der Waals surface area contributed by atoms with Crippen molar-refractivity contribution in [3.8, 4) is 34.0 Å². The van der Waals surface area contributed by atoms with E-state index in [-0.39, 0.29) is 35.9 Å². The molecule has 5 nitrogen and oxygen atoms in total. The van der Waals surface area contributed by atoms with Gasteiger partial charge in [0.05, 0.1) is 6.61 Å². The van der Waals surface area contributed by atoms with Crippen molar-refractivity contribution in [1.82, 2.24) is 9.97 Å². The van der Waals surface area contributed by atoms with Crippen LogP contribution in [0.3, 0.4) is 0 Å². The summed E-state index contributed by atoms with van der Waals surface area (Å²) in [6.07, 6.45) is 15.4. The van der Waals surface area contributed by atoms with E-state index in [0.717, 1.165) is 24.8 Å². The summed E-state index contributed by atoms with van der Waals surface area (Å²) in [5.41, 5.74) is -0.472. The lowest BCUT2D eigenvalue weighted by Crippen LogP contribution is -2.34. The van der Waals surface area contributed by atoms with Gasteiger partial charge >= 0.3 is 5.97 Å². The zero-order chi connectivity index (χ0) is 30.4. The van der Waals surface area contributed by atoms with Crippen LogP contribution in [0.1, 0.15) is 97.8 Å². The molecule has 1 aromatic heterocycles. The van der Waals surface area contributed by atoms with E-state index in [1.807, 2.05) is 0 Å². The molecular weight excluding hydrogens is 541 g/mol. The van der Waals surface area contributed by atoms with Gasteiger partial charge in [0.1, 0.15) is 5.75 Å². The minimum Gasteiger partial charge on any atom is -0.488 e. The van der Waals surface area contributed by atoms with E-state index in [0.29, 0.717) is 12.0 Å². The Kier molecular flexibility index (Phi) is 13.3. The zero-order valence-electron chi connectivity index (χ0n) is 25.1. The molecule has 3 rings (SSSR count). The number of halogens is 3. The van der Waals surface area contributed by atoms with E-state index < -0.39 is 23.3 Å². The van der Waals surface area contributed by atoms with Crippen LogP contribution in [-0.4, -0.2) is 28.2 Å². The van der Waals surface area contributed by atoms with Crippen molar-refractivity contribution in [2.75, 3.05) is 6.61 Å². The summed E-state index contributed by atoms with van der Waals surface area (Å²) in [6.45, 7) is 5.49. The molecule has 42 heavy (non-hydrogen) atoms. The smallest absolute Gasteiger partial charge is 0.348 e. The van der Waals surface area contributed by atoms with Crippen LogP contribution in [0.5, 0.6) is 11.5 Å². The average Bonchev–Trinajstić information content (AvgIpc) is 2.97. The number of hydrogen-bond donors (Lipinski definition) is 0. The number of hydrogen-bond acceptors (Lipinski definition) is 5. The van der Waals surface area contributed by atoms with Crippen LogP contribution in [0.25, 0.3) is 22.5 Å². The van der Waals surface area contributed by atoms with E-state index in [4.69, 9.17) is 9.47 Å². The highest BCUT2D eigenvalue weighted by Crippen LogP contribution is 2.29. The minimum atomic E-state index is -2.05. The van der Waals surface area contributed by atoms with Crippen molar-refractivity contribution in [2.24, 2.45) is 0 Å². The minimum absolute atomic E-state index is 0.0799. The fourth-order valence-corrected chi connectivity index (χ4v) is 4.72. The van der Waals surface area contributed by atoms with Crippen LogP contribution < -0.4 is 9.47 Å². The predicted octanol–water partition coefficient (Wildman–Crippen LogP) is 9.82. The normalized spacial score (nSPS) is 12.6. The third kappa shape index (κ3) is 10.1. The second-order valence-electron chi connectivity index (χ2n) is 11.0. The number of benzene rings is 2. The Hall–Kier alpha value is -3.42. The fraction of sp³-hybridized carbons (Fsp3) is 0.500. The lowest BCUT2D eigenvalue weighted by molar-refractivity contribution is -0.147. The molecular formula is C34H43F3N2O3. The molecule has 0 N–H and O–H groups in total. The van der Waals surface area contributed by atoms with Gasteiger partial charge in [0.25, 0.3) is 0 Å². The molecule has 0 amide bonds. The summed E-state index contributed by atoms with van der Waals surface area (Å²) in [7, 11) is 0. The number of carbonyl (C=O) groups is 1. The first-order chi connectivity index (χ1) is 20.2. The second-order valence-corrected chi connectivity index (χ2v) is 11.0. The molecule has 3 aromatic rings. The monoisotopic (exact) mass is 584 g/mol. The summed E-state index contributed by atoms with van der Waals surface area (Å²) in [5, 5.41) is 0. The highest BCUT2D eigenvalue weighted by Gasteiger charge is 2.34. The summed E-state index contributed by atoms with van der Waals surface area (Å²) in [6, 6.07) is 8.84. The van der Waals surface area contributed by atoms with Crippen LogP contribution in [0.2, 0.25) is 0 Å². The Balaban J connectivity index is 1.50. The maximum Gasteiger partial charge on any atom is 0.348 e. The topological polar surface area (TPSA) is 61.3 Å². The lowest BCUT2D eigenvalue weighted by atomic mass is 10.0. The highest BCUT2D eigenvalue weighted by molar-refractivity contribution is 5.81. The average molecular weight is 585 g/mol. The number of unbranched alkanes of at least 4 members (excludes halogenated alkanes) is 9. The van der Waals surface area contributed by atoms with Crippen LogP contribution in [-0.2, 0) is 4.79 Å². The first kappa shape index (κ1) is 33.1. The maximum atomic E-state index is 14.7. The van der Waals surface area contributed by atoms with Crippen molar-refractivity contribution < 1.29 is 27.4 Å². The molecule has 0 unspecified atom stereocenters. The van der Waals surface area contributed by atoms with E-state index in [2.05, 4.69) is 16.9 Å². The molecule has 0 spiro atoms. The number of alkyl halides is 1. The molecule has 228 valence electrons. The standard InChI is InChI=1S/C34H43F3N2O3/c1-4-6-7-8-9-10-11-12-13-14-20-41-31-29(35)21-26(22-30(31)36)32-38-23-27(24-39-32)25-15-17-28(18-16-25)42-33(40)34(3,37)19-5-2/h15-18,21-24H,4-14,19-20H2,1-3H3/t34-/m0/s1. The number of ether oxygens (including phenoxy) is 2. The fourth-order valence-electron chi connectivity index (χ4n) is 4.72. The molecule has 8 heteroatoms. The SMILES string of the molecule is CCCCCCCCCCCCOc1c(F)cc(-c2ncc(-c3ccc(OC(=O)[C@@](C)(F)CCC)cc3)cn2)cc1F. The van der Waals surface area contributed by atoms with Gasteiger partial charge in [-0.1, -0.05) is 90.2 Å². The molecule has 0 aliphatic heterocycles. The second kappa shape index (κ2) is 16.9. The van der Waals surface area contributed by atoms with Gasteiger partial charge in [0, 0.05) is 23.5 Å². The van der Waals surface area contributed by atoms with Gasteiger partial charge in [-0.15, -0.1) is 0 Å². The summed E-state index contributed by atoms with van der Waals surface area (Å²) >= 11 is 0. The predicted molar refractivity (Wildman–Crippen MR) is 160 cm³/mol. The number of nitrogens with zero attached hydrogens (tertiary/aromatic N) is 2. The van der Waals surface area contributed by atoms with Gasteiger partial charge in [0.15, 0.2) is 23.2 Å². The molecule has 0 saturated heterocycles. The lowest BCUT2D eigenvalue weighted by Gasteiger charge is -2.17. The molecule has 0 aliphatic carbocycles. The van der Waals surface area contributed by atoms with Gasteiger partial charge in [-0.3, -0.25) is 0 Å². The maximum absolute atomic E-state index is 14.7. The van der Waals surface area contributed by atoms with Crippen molar-refractivity contribution in [2.45, 2.75) is 103 Å². The molecule has 0 bridgehead atoms. The Morgan fingerprint density at radius 3 is 1.86 bits per heavy atom. The Bertz CT molecular complexity index is 1220. The largest absolute Gasteiger partial charge is 0.488 e. The van der Waals surface area contributed by atoms with Crippen molar-refractivity contribution >= 4 is 5.97 Å². The van der Waals surface area contributed by atoms with Gasteiger partial charge in [0.2, 0.25) is 5.67 Å². The highest BCUT2D eigenvalue weighted by atomic mass is 19.1. The number of aromatic nitrogens is 2. The first-order valence-corrected chi connectivity index (χ1v) is 15.2. The first-order valence-electron chi connectivity index (χ1n) is 15.2. The molecule has 0 fully saturated rings. The van der Waals surface area contributed by atoms with Crippen LogP contribution in [0, 0.1) is 11.6 Å². The van der Waals surface area contributed by atoms with Crippen LogP contribution in [0.15, 0.2) is 48.8 Å². The van der Waals surface area contributed by atoms with E-state index in [1.165, 1.54) is 76.4 Å². The number of rotatable bonds is 18. The molecule has 2 aromatic carbocycles. The van der Waals surface area contributed by atoms with Crippen molar-refractivity contribution in [3.63, 3.8) is 0 Å².